The molecule has 25 heavy (non-hydrogen) atoms. The average Bonchev–Trinajstić information content (AvgIpc) is 3.08. The van der Waals surface area contributed by atoms with E-state index in [0.717, 1.165) is 0 Å². The van der Waals surface area contributed by atoms with Crippen LogP contribution in [0, 0.1) is 0 Å². The Hall–Kier alpha value is -2.09. The van der Waals surface area contributed by atoms with Crippen LogP contribution in [0.4, 0.5) is 5.95 Å². The fraction of sp³-hybridized carbons (Fsp3) is 0.615. The summed E-state index contributed by atoms with van der Waals surface area (Å²) in [6.07, 6.45) is -2.62. The van der Waals surface area contributed by atoms with Crippen molar-refractivity contribution in [3.8, 4) is 0 Å². The average molecular weight is 357 g/mol. The lowest BCUT2D eigenvalue weighted by Gasteiger charge is -2.31. The lowest BCUT2D eigenvalue weighted by molar-refractivity contribution is -0.147. The Morgan fingerprint density at radius 2 is 2.24 bits per heavy atom. The number of nitrogens with one attached hydrogen (secondary N) is 1. The van der Waals surface area contributed by atoms with Gasteiger partial charge >= 0.3 is 0 Å². The van der Waals surface area contributed by atoms with Crippen molar-refractivity contribution in [1.29, 1.82) is 0 Å². The van der Waals surface area contributed by atoms with Gasteiger partial charge in [0.15, 0.2) is 23.0 Å². The molecule has 0 aromatic carbocycles. The van der Waals surface area contributed by atoms with Gasteiger partial charge in [-0.25, -0.2) is 4.98 Å². The van der Waals surface area contributed by atoms with Crippen LogP contribution in [0.15, 0.2) is 11.1 Å². The molecule has 3 rings (SSSR count). The summed E-state index contributed by atoms with van der Waals surface area (Å²) in [6.45, 7) is -1.29. The molecular weight excluding hydrogens is 338 g/mol. The number of hydrogen-bond donors (Lipinski definition) is 6. The summed E-state index contributed by atoms with van der Waals surface area (Å²) in [4.78, 5) is 22.1. The molecule has 1 aliphatic heterocycles. The Bertz CT molecular complexity index is 808. The molecule has 2 aromatic rings. The van der Waals surface area contributed by atoms with Crippen molar-refractivity contribution in [1.82, 2.24) is 19.5 Å². The summed E-state index contributed by atoms with van der Waals surface area (Å²) in [5.74, 6) is -0.156. The van der Waals surface area contributed by atoms with Crippen molar-refractivity contribution in [3.05, 3.63) is 16.7 Å². The molecule has 138 valence electrons. The van der Waals surface area contributed by atoms with Crippen LogP contribution in [0.25, 0.3) is 11.2 Å². The first-order chi connectivity index (χ1) is 11.9. The molecule has 7 N–H and O–H groups in total. The van der Waals surface area contributed by atoms with Crippen LogP contribution < -0.4 is 11.3 Å². The normalized spacial score (nSPS) is 29.5. The Labute approximate surface area is 140 Å². The molecule has 1 saturated heterocycles. The maximum atomic E-state index is 11.9. The highest BCUT2D eigenvalue weighted by Gasteiger charge is 2.56. The number of anilines is 1. The maximum Gasteiger partial charge on any atom is 0.280 e. The first kappa shape index (κ1) is 17.7. The van der Waals surface area contributed by atoms with E-state index in [0.29, 0.717) is 0 Å². The van der Waals surface area contributed by atoms with E-state index in [-0.39, 0.29) is 30.3 Å². The first-order valence-electron chi connectivity index (χ1n) is 7.50. The molecule has 0 saturated carbocycles. The van der Waals surface area contributed by atoms with Crippen LogP contribution in [0.3, 0.4) is 0 Å². The number of aromatic amines is 1. The van der Waals surface area contributed by atoms with Crippen LogP contribution in [-0.4, -0.2) is 84.2 Å². The second-order valence-corrected chi connectivity index (χ2v) is 5.70. The number of ether oxygens (including phenoxy) is 2. The summed E-state index contributed by atoms with van der Waals surface area (Å²) in [6, 6.07) is 0. The number of nitrogen functional groups attached to an aromatic ring is 1. The van der Waals surface area contributed by atoms with E-state index in [1.165, 1.54) is 10.9 Å². The molecule has 4 atom stereocenters. The van der Waals surface area contributed by atoms with E-state index in [4.69, 9.17) is 20.3 Å². The van der Waals surface area contributed by atoms with Gasteiger partial charge in [-0.05, 0) is 0 Å². The van der Waals surface area contributed by atoms with E-state index in [1.54, 1.807) is 0 Å². The molecule has 1 aliphatic rings. The molecule has 12 heteroatoms. The number of imidazole rings is 1. The van der Waals surface area contributed by atoms with Gasteiger partial charge in [-0.1, -0.05) is 0 Å². The van der Waals surface area contributed by atoms with Gasteiger partial charge in [-0.3, -0.25) is 14.3 Å². The van der Waals surface area contributed by atoms with Crippen molar-refractivity contribution in [2.45, 2.75) is 24.0 Å². The van der Waals surface area contributed by atoms with Crippen molar-refractivity contribution in [3.63, 3.8) is 0 Å². The topological polar surface area (TPSA) is 189 Å². The summed E-state index contributed by atoms with van der Waals surface area (Å²) in [5, 5.41) is 39.5. The minimum Gasteiger partial charge on any atom is -0.394 e. The minimum absolute atomic E-state index is 0.0293. The summed E-state index contributed by atoms with van der Waals surface area (Å²) >= 11 is 0. The Morgan fingerprint density at radius 1 is 1.48 bits per heavy atom. The van der Waals surface area contributed by atoms with Crippen LogP contribution in [0.5, 0.6) is 0 Å². The summed E-state index contributed by atoms with van der Waals surface area (Å²) in [5.41, 5.74) is 3.01. The molecule has 1 fully saturated rings. The smallest absolute Gasteiger partial charge is 0.280 e. The van der Waals surface area contributed by atoms with Gasteiger partial charge in [0.25, 0.3) is 5.56 Å². The van der Waals surface area contributed by atoms with Gasteiger partial charge in [-0.15, -0.1) is 0 Å². The van der Waals surface area contributed by atoms with Gasteiger partial charge in [0.1, 0.15) is 12.2 Å². The Balaban J connectivity index is 2.05. The number of aliphatic hydroxyl groups is 4. The van der Waals surface area contributed by atoms with E-state index in [2.05, 4.69) is 15.0 Å². The van der Waals surface area contributed by atoms with Crippen molar-refractivity contribution in [2.24, 2.45) is 0 Å². The lowest BCUT2D eigenvalue weighted by atomic mass is 9.95. The Morgan fingerprint density at radius 3 is 2.92 bits per heavy atom. The monoisotopic (exact) mass is 357 g/mol. The first-order valence-corrected chi connectivity index (χ1v) is 7.50. The van der Waals surface area contributed by atoms with Crippen molar-refractivity contribution < 1.29 is 29.9 Å². The lowest BCUT2D eigenvalue weighted by Crippen LogP contribution is -2.50. The number of H-pyrrole nitrogens is 1. The zero-order valence-corrected chi connectivity index (χ0v) is 13.1. The zero-order valence-electron chi connectivity index (χ0n) is 13.1. The fourth-order valence-electron chi connectivity index (χ4n) is 2.85. The van der Waals surface area contributed by atoms with Crippen molar-refractivity contribution in [2.75, 3.05) is 32.2 Å². The van der Waals surface area contributed by atoms with Crippen molar-refractivity contribution >= 4 is 17.1 Å². The minimum atomic E-state index is -1.98. The number of nitrogens with two attached hydrogens (primary N) is 1. The molecule has 3 heterocycles. The highest BCUT2D eigenvalue weighted by Crippen LogP contribution is 2.39. The number of fused-ring (bicyclic) bond motifs is 1. The second-order valence-electron chi connectivity index (χ2n) is 5.70. The molecule has 0 aliphatic carbocycles. The van der Waals surface area contributed by atoms with Crippen LogP contribution in [0.1, 0.15) is 6.23 Å². The summed E-state index contributed by atoms with van der Waals surface area (Å²) < 4.78 is 11.9. The van der Waals surface area contributed by atoms with E-state index < -0.39 is 42.8 Å². The van der Waals surface area contributed by atoms with E-state index in [9.17, 15) is 20.1 Å². The molecular formula is C13H19N5O7. The van der Waals surface area contributed by atoms with Gasteiger partial charge < -0.3 is 35.6 Å². The second kappa shape index (κ2) is 6.67. The van der Waals surface area contributed by atoms with Gasteiger partial charge in [0.2, 0.25) is 5.95 Å². The number of rotatable bonds is 6. The largest absolute Gasteiger partial charge is 0.394 e. The van der Waals surface area contributed by atoms with Crippen LogP contribution in [-0.2, 0) is 9.47 Å². The molecule has 0 spiro atoms. The van der Waals surface area contributed by atoms with Gasteiger partial charge in [0.05, 0.1) is 32.8 Å². The molecule has 0 bridgehead atoms. The van der Waals surface area contributed by atoms with E-state index in [1.807, 2.05) is 0 Å². The fourth-order valence-corrected chi connectivity index (χ4v) is 2.85. The third-order valence-electron chi connectivity index (χ3n) is 4.05. The van der Waals surface area contributed by atoms with Gasteiger partial charge in [-0.2, -0.15) is 4.98 Å². The summed E-state index contributed by atoms with van der Waals surface area (Å²) in [7, 11) is 0. The quantitative estimate of drug-likeness (QED) is 0.285. The number of hydrogen-bond acceptors (Lipinski definition) is 10. The third-order valence-corrected chi connectivity index (χ3v) is 4.05. The standard InChI is InChI=1S/C13H19N5O7/c14-12-16-9-7(10(22)17-12)15-5-18(9)11-13(23,4-24-2-1-19)8(21)6(3-20)25-11/h5-6,8,11,19-21,23H,1-4H2,(H3,14,16,17,22)/t6-,8-,11-,13-/m1/s1. The molecule has 0 amide bonds. The SMILES string of the molecule is Nc1nc2c(ncn2[C@@H]2O[C@H](CO)[C@@H](O)[C@]2(O)COCCO)c(=O)[nH]1. The predicted molar refractivity (Wildman–Crippen MR) is 82.4 cm³/mol. The van der Waals surface area contributed by atoms with Crippen LogP contribution >= 0.6 is 0 Å². The molecule has 2 aromatic heterocycles. The highest BCUT2D eigenvalue weighted by atomic mass is 16.6. The molecule has 12 nitrogen and oxygen atoms in total. The maximum absolute atomic E-state index is 11.9. The Kier molecular flexibility index (Phi) is 4.73. The zero-order chi connectivity index (χ0) is 18.2. The third kappa shape index (κ3) is 2.88. The van der Waals surface area contributed by atoms with E-state index >= 15 is 0 Å². The number of nitrogens with zero attached hydrogens (tertiary/aromatic N) is 3. The number of aliphatic hydroxyl groups excluding tert-OH is 3. The highest BCUT2D eigenvalue weighted by molar-refractivity contribution is 5.70. The number of aromatic nitrogens is 4. The molecule has 0 unspecified atom stereocenters. The predicted octanol–water partition coefficient (Wildman–Crippen LogP) is -3.31. The van der Waals surface area contributed by atoms with Crippen LogP contribution in [0.2, 0.25) is 0 Å². The molecule has 0 radical (unpaired) electrons. The van der Waals surface area contributed by atoms with Gasteiger partial charge in [0, 0.05) is 0 Å².